The summed E-state index contributed by atoms with van der Waals surface area (Å²) in [5, 5.41) is 3.80. The molecule has 1 heterocycles. The van der Waals surface area contributed by atoms with Crippen LogP contribution in [0.3, 0.4) is 0 Å². The Balaban J connectivity index is 1.65. The fourth-order valence-corrected chi connectivity index (χ4v) is 1.89. The zero-order valence-corrected chi connectivity index (χ0v) is 11.9. The summed E-state index contributed by atoms with van der Waals surface area (Å²) in [5.74, 6) is 0.342. The fourth-order valence-electron chi connectivity index (χ4n) is 1.89. The number of carbonyl (C=O) groups is 1. The molecule has 1 aromatic heterocycles. The van der Waals surface area contributed by atoms with E-state index in [0.29, 0.717) is 22.7 Å². The van der Waals surface area contributed by atoms with Crippen molar-refractivity contribution in [2.45, 2.75) is 6.61 Å². The van der Waals surface area contributed by atoms with E-state index in [1.807, 2.05) is 0 Å². The number of rotatable bonds is 5. The third-order valence-electron chi connectivity index (χ3n) is 3.07. The SMILES string of the molecule is NC(=O)c1ccc(OCc2noc(-c3ccc(F)cc3)n2)cc1. The topological polar surface area (TPSA) is 91.2 Å². The molecule has 3 rings (SSSR count). The van der Waals surface area contributed by atoms with Crippen LogP contribution in [0.5, 0.6) is 5.75 Å². The second-order valence-electron chi connectivity index (χ2n) is 4.70. The van der Waals surface area contributed by atoms with Crippen LogP contribution in [0.4, 0.5) is 4.39 Å². The molecule has 0 fully saturated rings. The van der Waals surface area contributed by atoms with E-state index in [9.17, 15) is 9.18 Å². The van der Waals surface area contributed by atoms with Gasteiger partial charge < -0.3 is 15.0 Å². The largest absolute Gasteiger partial charge is 0.485 e. The number of primary amides is 1. The number of hydrogen-bond donors (Lipinski definition) is 1. The minimum absolute atomic E-state index is 0.0978. The molecular weight excluding hydrogens is 301 g/mol. The van der Waals surface area contributed by atoms with E-state index >= 15 is 0 Å². The zero-order valence-electron chi connectivity index (χ0n) is 11.9. The average molecular weight is 313 g/mol. The smallest absolute Gasteiger partial charge is 0.258 e. The summed E-state index contributed by atoms with van der Waals surface area (Å²) in [4.78, 5) is 15.1. The van der Waals surface area contributed by atoms with E-state index in [2.05, 4.69) is 10.1 Å². The number of nitrogens with two attached hydrogens (primary N) is 1. The molecule has 0 aliphatic heterocycles. The Kier molecular flexibility index (Phi) is 4.01. The van der Waals surface area contributed by atoms with Gasteiger partial charge in [0.1, 0.15) is 11.6 Å². The van der Waals surface area contributed by atoms with Crippen LogP contribution in [0.1, 0.15) is 16.2 Å². The Labute approximate surface area is 130 Å². The normalized spacial score (nSPS) is 10.5. The van der Waals surface area contributed by atoms with Crippen LogP contribution < -0.4 is 10.5 Å². The van der Waals surface area contributed by atoms with Gasteiger partial charge in [0.15, 0.2) is 6.61 Å². The molecule has 0 atom stereocenters. The summed E-state index contributed by atoms with van der Waals surface area (Å²) >= 11 is 0. The van der Waals surface area contributed by atoms with Crippen molar-refractivity contribution in [2.75, 3.05) is 0 Å². The molecule has 3 aromatic rings. The number of ether oxygens (including phenoxy) is 1. The lowest BCUT2D eigenvalue weighted by molar-refractivity contribution is 0.1000. The Morgan fingerprint density at radius 1 is 1.13 bits per heavy atom. The van der Waals surface area contributed by atoms with Crippen LogP contribution >= 0.6 is 0 Å². The van der Waals surface area contributed by atoms with E-state index in [4.69, 9.17) is 15.0 Å². The van der Waals surface area contributed by atoms with Gasteiger partial charge in [-0.15, -0.1) is 0 Å². The maximum atomic E-state index is 12.9. The predicted octanol–water partition coefficient (Wildman–Crippen LogP) is 2.55. The first kappa shape index (κ1) is 14.7. The molecule has 116 valence electrons. The molecule has 0 spiro atoms. The highest BCUT2D eigenvalue weighted by Gasteiger charge is 2.09. The van der Waals surface area contributed by atoms with E-state index < -0.39 is 5.91 Å². The van der Waals surface area contributed by atoms with Gasteiger partial charge in [-0.1, -0.05) is 5.16 Å². The summed E-state index contributed by atoms with van der Waals surface area (Å²) in [5.41, 5.74) is 6.18. The van der Waals surface area contributed by atoms with Gasteiger partial charge in [-0.3, -0.25) is 4.79 Å². The van der Waals surface area contributed by atoms with Crippen LogP contribution in [0, 0.1) is 5.82 Å². The Bertz CT molecular complexity index is 813. The second-order valence-corrected chi connectivity index (χ2v) is 4.70. The first-order chi connectivity index (χ1) is 11.1. The van der Waals surface area contributed by atoms with E-state index in [-0.39, 0.29) is 18.3 Å². The molecule has 0 saturated heterocycles. The van der Waals surface area contributed by atoms with Crippen molar-refractivity contribution in [1.82, 2.24) is 10.1 Å². The quantitative estimate of drug-likeness (QED) is 0.781. The van der Waals surface area contributed by atoms with Crippen LogP contribution in [0.2, 0.25) is 0 Å². The summed E-state index contributed by atoms with van der Waals surface area (Å²) in [6, 6.07) is 12.1. The standard InChI is InChI=1S/C16H12FN3O3/c17-12-5-1-11(2-6-12)16-19-14(20-23-16)9-22-13-7-3-10(4-8-13)15(18)21/h1-8H,9H2,(H2,18,21). The van der Waals surface area contributed by atoms with Crippen molar-refractivity contribution in [1.29, 1.82) is 0 Å². The highest BCUT2D eigenvalue weighted by molar-refractivity contribution is 5.92. The predicted molar refractivity (Wildman–Crippen MR) is 79.0 cm³/mol. The Hall–Kier alpha value is -3.22. The third kappa shape index (κ3) is 3.52. The van der Waals surface area contributed by atoms with E-state index in [1.165, 1.54) is 12.1 Å². The van der Waals surface area contributed by atoms with Crippen molar-refractivity contribution < 1.29 is 18.4 Å². The van der Waals surface area contributed by atoms with Crippen LogP contribution in [0.25, 0.3) is 11.5 Å². The molecule has 0 saturated carbocycles. The third-order valence-corrected chi connectivity index (χ3v) is 3.07. The first-order valence-electron chi connectivity index (χ1n) is 6.73. The molecule has 0 bridgehead atoms. The zero-order chi connectivity index (χ0) is 16.2. The maximum Gasteiger partial charge on any atom is 0.258 e. The molecule has 0 unspecified atom stereocenters. The number of carbonyl (C=O) groups excluding carboxylic acids is 1. The lowest BCUT2D eigenvalue weighted by atomic mass is 10.2. The van der Waals surface area contributed by atoms with Crippen molar-refractivity contribution in [2.24, 2.45) is 5.73 Å². The van der Waals surface area contributed by atoms with Crippen molar-refractivity contribution in [3.8, 4) is 17.2 Å². The maximum absolute atomic E-state index is 12.9. The molecule has 6 nitrogen and oxygen atoms in total. The van der Waals surface area contributed by atoms with Gasteiger partial charge in [0, 0.05) is 11.1 Å². The minimum atomic E-state index is -0.501. The van der Waals surface area contributed by atoms with Crippen molar-refractivity contribution >= 4 is 5.91 Å². The summed E-state index contributed by atoms with van der Waals surface area (Å²) in [6.07, 6.45) is 0. The van der Waals surface area contributed by atoms with E-state index in [0.717, 1.165) is 0 Å². The van der Waals surface area contributed by atoms with Gasteiger partial charge in [0.05, 0.1) is 0 Å². The lowest BCUT2D eigenvalue weighted by Crippen LogP contribution is -2.10. The summed E-state index contributed by atoms with van der Waals surface area (Å²) in [6.45, 7) is 0.0978. The Morgan fingerprint density at radius 2 is 1.83 bits per heavy atom. The monoisotopic (exact) mass is 313 g/mol. The number of aromatic nitrogens is 2. The number of benzene rings is 2. The van der Waals surface area contributed by atoms with Crippen LogP contribution in [0.15, 0.2) is 53.1 Å². The van der Waals surface area contributed by atoms with E-state index in [1.54, 1.807) is 36.4 Å². The molecular formula is C16H12FN3O3. The highest BCUT2D eigenvalue weighted by Crippen LogP contribution is 2.18. The van der Waals surface area contributed by atoms with Gasteiger partial charge in [-0.25, -0.2) is 4.39 Å². The summed E-state index contributed by atoms with van der Waals surface area (Å²) < 4.78 is 23.5. The van der Waals surface area contributed by atoms with Crippen LogP contribution in [-0.2, 0) is 6.61 Å². The fraction of sp³-hybridized carbons (Fsp3) is 0.0625. The molecule has 0 radical (unpaired) electrons. The molecule has 7 heteroatoms. The van der Waals surface area contributed by atoms with Crippen LogP contribution in [-0.4, -0.2) is 16.0 Å². The first-order valence-corrected chi connectivity index (χ1v) is 6.73. The Morgan fingerprint density at radius 3 is 2.48 bits per heavy atom. The number of amides is 1. The number of nitrogens with zero attached hydrogens (tertiary/aromatic N) is 2. The highest BCUT2D eigenvalue weighted by atomic mass is 19.1. The molecule has 1 amide bonds. The van der Waals surface area contributed by atoms with Crippen molar-refractivity contribution in [3.05, 3.63) is 65.7 Å². The molecule has 0 aliphatic carbocycles. The molecule has 2 aromatic carbocycles. The second kappa shape index (κ2) is 6.27. The molecule has 0 aliphatic rings. The summed E-state index contributed by atoms with van der Waals surface area (Å²) in [7, 11) is 0. The number of hydrogen-bond acceptors (Lipinski definition) is 5. The lowest BCUT2D eigenvalue weighted by Gasteiger charge is -2.03. The van der Waals surface area contributed by atoms with Gasteiger partial charge >= 0.3 is 0 Å². The van der Waals surface area contributed by atoms with Gasteiger partial charge in [-0.2, -0.15) is 4.98 Å². The molecule has 23 heavy (non-hydrogen) atoms. The minimum Gasteiger partial charge on any atom is -0.485 e. The van der Waals surface area contributed by atoms with Gasteiger partial charge in [0.25, 0.3) is 5.89 Å². The molecule has 2 N–H and O–H groups in total. The number of halogens is 1. The van der Waals surface area contributed by atoms with Gasteiger partial charge in [0.2, 0.25) is 11.7 Å². The van der Waals surface area contributed by atoms with Crippen molar-refractivity contribution in [3.63, 3.8) is 0 Å². The van der Waals surface area contributed by atoms with Gasteiger partial charge in [-0.05, 0) is 48.5 Å². The average Bonchev–Trinajstić information content (AvgIpc) is 3.03.